The summed E-state index contributed by atoms with van der Waals surface area (Å²) in [7, 11) is -4.30. The van der Waals surface area contributed by atoms with Gasteiger partial charge < -0.3 is 9.05 Å². The quantitative estimate of drug-likeness (QED) is 0.409. The van der Waals surface area contributed by atoms with Gasteiger partial charge in [0.2, 0.25) is 0 Å². The van der Waals surface area contributed by atoms with E-state index in [0.29, 0.717) is 18.4 Å². The maximum atomic E-state index is 12.2. The van der Waals surface area contributed by atoms with Gasteiger partial charge in [-0.25, -0.2) is 4.57 Å². The standard InChI is InChI=1S/C22H21O5P/c1-17-6-5-9-21(16-17)27-28(24,25)26-20-13-10-18(11-14-20)12-15-22(23)19-7-3-2-4-8-19/h2-11,13-14,16H,12,15H2,1H3,(H,24,25). The summed E-state index contributed by atoms with van der Waals surface area (Å²) in [6.45, 7) is 1.86. The van der Waals surface area contributed by atoms with Crippen molar-refractivity contribution >= 4 is 13.6 Å². The van der Waals surface area contributed by atoms with Gasteiger partial charge in [0.25, 0.3) is 0 Å². The topological polar surface area (TPSA) is 72.8 Å². The lowest BCUT2D eigenvalue weighted by molar-refractivity contribution is 0.0983. The summed E-state index contributed by atoms with van der Waals surface area (Å²) in [5.74, 6) is 0.561. The Bertz CT molecular complexity index is 983. The second kappa shape index (κ2) is 8.87. The molecule has 3 rings (SSSR count). The van der Waals surface area contributed by atoms with Crippen LogP contribution >= 0.6 is 7.82 Å². The van der Waals surface area contributed by atoms with Crippen molar-refractivity contribution < 1.29 is 23.3 Å². The molecule has 28 heavy (non-hydrogen) atoms. The molecular weight excluding hydrogens is 375 g/mol. The Labute approximate surface area is 164 Å². The fourth-order valence-electron chi connectivity index (χ4n) is 2.70. The largest absolute Gasteiger partial charge is 0.584 e. The third kappa shape index (κ3) is 5.81. The molecule has 5 nitrogen and oxygen atoms in total. The number of benzene rings is 3. The molecule has 144 valence electrons. The van der Waals surface area contributed by atoms with Crippen LogP contribution in [0.5, 0.6) is 11.5 Å². The molecule has 1 atom stereocenters. The maximum Gasteiger partial charge on any atom is 0.584 e. The average Bonchev–Trinajstić information content (AvgIpc) is 2.67. The van der Waals surface area contributed by atoms with E-state index in [0.717, 1.165) is 11.1 Å². The monoisotopic (exact) mass is 396 g/mol. The SMILES string of the molecule is Cc1cccc(OP(=O)(O)Oc2ccc(CCC(=O)c3ccccc3)cc2)c1. The zero-order valence-electron chi connectivity index (χ0n) is 15.4. The molecule has 0 aliphatic heterocycles. The second-order valence-electron chi connectivity index (χ2n) is 6.40. The summed E-state index contributed by atoms with van der Waals surface area (Å²) in [5, 5.41) is 0. The second-order valence-corrected chi connectivity index (χ2v) is 7.70. The number of carbonyl (C=O) groups excluding carboxylic acids is 1. The third-order valence-corrected chi connectivity index (χ3v) is 4.97. The van der Waals surface area contributed by atoms with Gasteiger partial charge in [0.1, 0.15) is 11.5 Å². The van der Waals surface area contributed by atoms with Crippen LogP contribution in [0.25, 0.3) is 0 Å². The first-order chi connectivity index (χ1) is 13.4. The predicted molar refractivity (Wildman–Crippen MR) is 108 cm³/mol. The van der Waals surface area contributed by atoms with Gasteiger partial charge in [-0.15, -0.1) is 0 Å². The molecular formula is C22H21O5P. The van der Waals surface area contributed by atoms with Gasteiger partial charge in [-0.1, -0.05) is 54.6 Å². The number of hydrogen-bond donors (Lipinski definition) is 1. The minimum absolute atomic E-state index is 0.0762. The Morgan fingerprint density at radius 3 is 2.25 bits per heavy atom. The van der Waals surface area contributed by atoms with E-state index in [-0.39, 0.29) is 17.3 Å². The molecule has 0 saturated carbocycles. The Hall–Kier alpha value is -2.88. The zero-order valence-corrected chi connectivity index (χ0v) is 16.3. The molecule has 0 saturated heterocycles. The highest BCUT2D eigenvalue weighted by Crippen LogP contribution is 2.44. The minimum atomic E-state index is -4.30. The van der Waals surface area contributed by atoms with Crippen LogP contribution in [-0.2, 0) is 11.0 Å². The molecule has 0 aliphatic rings. The van der Waals surface area contributed by atoms with E-state index in [9.17, 15) is 14.3 Å². The van der Waals surface area contributed by atoms with Crippen LogP contribution in [0.3, 0.4) is 0 Å². The highest BCUT2D eigenvalue weighted by molar-refractivity contribution is 7.48. The van der Waals surface area contributed by atoms with Crippen LogP contribution in [-0.4, -0.2) is 10.7 Å². The summed E-state index contributed by atoms with van der Waals surface area (Å²) >= 11 is 0. The molecule has 3 aromatic carbocycles. The van der Waals surface area contributed by atoms with Crippen molar-refractivity contribution in [3.8, 4) is 11.5 Å². The Kier molecular flexibility index (Phi) is 6.30. The molecule has 0 aliphatic carbocycles. The van der Waals surface area contributed by atoms with E-state index in [1.165, 1.54) is 0 Å². The predicted octanol–water partition coefficient (Wildman–Crippen LogP) is 5.37. The Balaban J connectivity index is 1.56. The lowest BCUT2D eigenvalue weighted by atomic mass is 10.0. The number of hydrogen-bond acceptors (Lipinski definition) is 4. The molecule has 0 heterocycles. The molecule has 1 N–H and O–H groups in total. The van der Waals surface area contributed by atoms with Gasteiger partial charge in [-0.05, 0) is 48.7 Å². The van der Waals surface area contributed by atoms with E-state index >= 15 is 0 Å². The summed E-state index contributed by atoms with van der Waals surface area (Å²) in [6, 6.07) is 22.7. The Morgan fingerprint density at radius 1 is 0.893 bits per heavy atom. The third-order valence-electron chi connectivity index (χ3n) is 4.09. The van der Waals surface area contributed by atoms with E-state index in [1.807, 2.05) is 31.2 Å². The highest BCUT2D eigenvalue weighted by atomic mass is 31.2. The summed E-state index contributed by atoms with van der Waals surface area (Å²) in [6.07, 6.45) is 0.962. The Morgan fingerprint density at radius 2 is 1.57 bits per heavy atom. The smallest absolute Gasteiger partial charge is 0.395 e. The van der Waals surface area contributed by atoms with Gasteiger partial charge in [-0.3, -0.25) is 9.69 Å². The number of Topliss-reactive ketones (excluding diaryl/α,β-unsaturated/α-hetero) is 1. The normalized spacial score (nSPS) is 12.8. The molecule has 0 amide bonds. The minimum Gasteiger partial charge on any atom is -0.395 e. The van der Waals surface area contributed by atoms with Crippen LogP contribution < -0.4 is 9.05 Å². The van der Waals surface area contributed by atoms with Crippen molar-refractivity contribution in [1.82, 2.24) is 0 Å². The number of phosphoric ester groups is 1. The maximum absolute atomic E-state index is 12.2. The number of aryl methyl sites for hydroxylation is 2. The highest BCUT2D eigenvalue weighted by Gasteiger charge is 2.25. The molecule has 0 fully saturated rings. The van der Waals surface area contributed by atoms with Crippen molar-refractivity contribution in [2.75, 3.05) is 0 Å². The van der Waals surface area contributed by atoms with Gasteiger partial charge in [0.05, 0.1) is 0 Å². The van der Waals surface area contributed by atoms with Crippen LogP contribution in [0.15, 0.2) is 78.9 Å². The van der Waals surface area contributed by atoms with Crippen molar-refractivity contribution in [3.05, 3.63) is 95.6 Å². The van der Waals surface area contributed by atoms with Gasteiger partial charge in [-0.2, -0.15) is 0 Å². The van der Waals surface area contributed by atoms with E-state index in [2.05, 4.69) is 0 Å². The number of phosphoric acid groups is 1. The molecule has 6 heteroatoms. The van der Waals surface area contributed by atoms with Gasteiger partial charge in [0, 0.05) is 12.0 Å². The van der Waals surface area contributed by atoms with Crippen molar-refractivity contribution in [2.45, 2.75) is 19.8 Å². The number of ketones is 1. The van der Waals surface area contributed by atoms with E-state index < -0.39 is 7.82 Å². The van der Waals surface area contributed by atoms with Crippen molar-refractivity contribution in [2.24, 2.45) is 0 Å². The molecule has 0 aromatic heterocycles. The molecule has 0 bridgehead atoms. The molecule has 0 radical (unpaired) electrons. The number of rotatable bonds is 8. The molecule has 1 unspecified atom stereocenters. The fraction of sp³-hybridized carbons (Fsp3) is 0.136. The van der Waals surface area contributed by atoms with E-state index in [1.54, 1.807) is 54.6 Å². The molecule has 3 aromatic rings. The van der Waals surface area contributed by atoms with Crippen LogP contribution in [0.4, 0.5) is 0 Å². The first-order valence-corrected chi connectivity index (χ1v) is 10.4. The van der Waals surface area contributed by atoms with E-state index in [4.69, 9.17) is 9.05 Å². The summed E-state index contributed by atoms with van der Waals surface area (Å²) < 4.78 is 22.4. The van der Waals surface area contributed by atoms with Gasteiger partial charge >= 0.3 is 7.82 Å². The van der Waals surface area contributed by atoms with Crippen molar-refractivity contribution in [3.63, 3.8) is 0 Å². The number of carbonyl (C=O) groups is 1. The van der Waals surface area contributed by atoms with Crippen LogP contribution in [0.1, 0.15) is 27.9 Å². The summed E-state index contributed by atoms with van der Waals surface area (Å²) in [4.78, 5) is 22.1. The first kappa shape index (κ1) is 19.9. The lowest BCUT2D eigenvalue weighted by Gasteiger charge is -2.14. The van der Waals surface area contributed by atoms with Gasteiger partial charge in [0.15, 0.2) is 5.78 Å². The molecule has 0 spiro atoms. The zero-order chi connectivity index (χ0) is 20.0. The van der Waals surface area contributed by atoms with Crippen LogP contribution in [0.2, 0.25) is 0 Å². The fourth-order valence-corrected chi connectivity index (χ4v) is 3.51. The summed E-state index contributed by atoms with van der Waals surface area (Å²) in [5.41, 5.74) is 2.54. The first-order valence-electron chi connectivity index (χ1n) is 8.87. The van der Waals surface area contributed by atoms with Crippen LogP contribution in [0, 0.1) is 6.92 Å². The van der Waals surface area contributed by atoms with Crippen molar-refractivity contribution in [1.29, 1.82) is 0 Å². The lowest BCUT2D eigenvalue weighted by Crippen LogP contribution is -2.01. The average molecular weight is 396 g/mol.